The molecule has 8 aromatic rings. The van der Waals surface area contributed by atoms with E-state index in [1.807, 2.05) is 11.3 Å². The summed E-state index contributed by atoms with van der Waals surface area (Å²) in [5, 5.41) is 3.97. The van der Waals surface area contributed by atoms with Gasteiger partial charge in [-0.1, -0.05) is 144 Å². The molecule has 0 atom stereocenters. The Morgan fingerprint density at radius 2 is 0.807 bits per heavy atom. The van der Waals surface area contributed by atoms with E-state index >= 15 is 0 Å². The van der Waals surface area contributed by atoms with E-state index in [2.05, 4.69) is 221 Å². The first kappa shape index (κ1) is 35.7. The van der Waals surface area contributed by atoms with Crippen molar-refractivity contribution in [1.29, 1.82) is 0 Å². The third-order valence-electron chi connectivity index (χ3n) is 12.5. The highest BCUT2D eigenvalue weighted by atomic mass is 32.1. The number of anilines is 6. The lowest BCUT2D eigenvalue weighted by Crippen LogP contribution is -2.37. The van der Waals surface area contributed by atoms with Crippen LogP contribution in [0.3, 0.4) is 0 Å². The second kappa shape index (κ2) is 12.9. The van der Waals surface area contributed by atoms with Gasteiger partial charge in [-0.15, -0.1) is 11.3 Å². The highest BCUT2D eigenvalue weighted by molar-refractivity contribution is 7.19. The zero-order valence-electron chi connectivity index (χ0n) is 33.9. The second-order valence-electron chi connectivity index (χ2n) is 17.9. The molecule has 2 aliphatic carbocycles. The molecule has 2 nitrogen and oxygen atoms in total. The Balaban J connectivity index is 1.06. The van der Waals surface area contributed by atoms with E-state index in [1.165, 1.54) is 81.8 Å². The quantitative estimate of drug-likeness (QED) is 0.149. The van der Waals surface area contributed by atoms with Gasteiger partial charge in [-0.05, 0) is 117 Å². The molecule has 57 heavy (non-hydrogen) atoms. The van der Waals surface area contributed by atoms with Crippen LogP contribution in [0, 0.1) is 0 Å². The number of fused-ring (bicyclic) bond motifs is 8. The lowest BCUT2D eigenvalue weighted by Gasteiger charge is -2.31. The molecule has 1 heterocycles. The fourth-order valence-electron chi connectivity index (χ4n) is 9.52. The van der Waals surface area contributed by atoms with Crippen molar-refractivity contribution in [2.24, 2.45) is 0 Å². The molecule has 280 valence electrons. The first-order valence-electron chi connectivity index (χ1n) is 20.2. The van der Waals surface area contributed by atoms with Gasteiger partial charge in [0.1, 0.15) is 0 Å². The molecule has 0 bridgehead atoms. The minimum absolute atomic E-state index is 0.169. The van der Waals surface area contributed by atoms with Crippen LogP contribution in [-0.2, 0) is 10.8 Å². The van der Waals surface area contributed by atoms with Crippen molar-refractivity contribution in [2.45, 2.75) is 58.2 Å². The summed E-state index contributed by atoms with van der Waals surface area (Å²) in [6.45, 7) is 17.0. The minimum Gasteiger partial charge on any atom is -0.310 e. The number of nitrogens with zero attached hydrogens (tertiary/aromatic N) is 2. The Hall–Kier alpha value is -5.68. The van der Waals surface area contributed by atoms with Crippen LogP contribution >= 0.6 is 11.3 Å². The van der Waals surface area contributed by atoms with Crippen LogP contribution in [0.1, 0.15) is 49.9 Å². The SMILES string of the molecule is CC1(C)c2cc(N(c3ccccc3)c3ccc([Si](C)(C)C)cc3)ccc2-c2sc3c(c21)C(C)(C)c1cc(N(c2ccccc2)c2ccc4ccccc4c2)ccc1-3. The molecule has 10 rings (SSSR count). The van der Waals surface area contributed by atoms with Gasteiger partial charge in [0.25, 0.3) is 0 Å². The smallest absolute Gasteiger partial charge is 0.0775 e. The minimum atomic E-state index is -1.42. The summed E-state index contributed by atoms with van der Waals surface area (Å²) < 4.78 is 0. The number of hydrogen-bond donors (Lipinski definition) is 0. The maximum absolute atomic E-state index is 2.47. The van der Waals surface area contributed by atoms with E-state index < -0.39 is 8.07 Å². The molecule has 1 aromatic heterocycles. The van der Waals surface area contributed by atoms with E-state index in [1.54, 1.807) is 0 Å². The van der Waals surface area contributed by atoms with E-state index in [-0.39, 0.29) is 10.8 Å². The summed E-state index contributed by atoms with van der Waals surface area (Å²) >= 11 is 2.00. The average Bonchev–Trinajstić information content (AvgIpc) is 3.79. The summed E-state index contributed by atoms with van der Waals surface area (Å²) in [7, 11) is -1.42. The van der Waals surface area contributed by atoms with Gasteiger partial charge >= 0.3 is 0 Å². The summed E-state index contributed by atoms with van der Waals surface area (Å²) in [5.74, 6) is 0. The van der Waals surface area contributed by atoms with Gasteiger partial charge in [-0.25, -0.2) is 0 Å². The highest BCUT2D eigenvalue weighted by Gasteiger charge is 2.48. The van der Waals surface area contributed by atoms with Crippen LogP contribution in [0.15, 0.2) is 164 Å². The molecule has 2 aliphatic rings. The van der Waals surface area contributed by atoms with Crippen molar-refractivity contribution in [2.75, 3.05) is 9.80 Å². The molecular weight excluding hydrogens is 725 g/mol. The molecule has 7 aromatic carbocycles. The van der Waals surface area contributed by atoms with Gasteiger partial charge in [0.05, 0.1) is 8.07 Å². The van der Waals surface area contributed by atoms with Crippen molar-refractivity contribution in [1.82, 2.24) is 0 Å². The molecule has 0 spiro atoms. The zero-order chi connectivity index (χ0) is 39.3. The van der Waals surface area contributed by atoms with Gasteiger partial charge in [0.2, 0.25) is 0 Å². The van der Waals surface area contributed by atoms with Crippen LogP contribution in [-0.4, -0.2) is 8.07 Å². The molecule has 0 radical (unpaired) electrons. The summed E-state index contributed by atoms with van der Waals surface area (Å²) in [4.78, 5) is 7.70. The van der Waals surface area contributed by atoms with Crippen molar-refractivity contribution in [3.05, 3.63) is 186 Å². The van der Waals surface area contributed by atoms with E-state index in [0.29, 0.717) is 0 Å². The normalized spacial score (nSPS) is 14.5. The lowest BCUT2D eigenvalue weighted by atomic mass is 9.74. The van der Waals surface area contributed by atoms with Crippen molar-refractivity contribution in [3.8, 4) is 20.9 Å². The van der Waals surface area contributed by atoms with Gasteiger partial charge in [0, 0.05) is 54.7 Å². The third kappa shape index (κ3) is 5.64. The average molecular weight is 773 g/mol. The Morgan fingerprint density at radius 1 is 0.404 bits per heavy atom. The van der Waals surface area contributed by atoms with Gasteiger partial charge in [-0.2, -0.15) is 0 Å². The maximum Gasteiger partial charge on any atom is 0.0775 e. The fraction of sp³-hybridized carbons (Fsp3) is 0.170. The lowest BCUT2D eigenvalue weighted by molar-refractivity contribution is 0.603. The van der Waals surface area contributed by atoms with Gasteiger partial charge < -0.3 is 9.80 Å². The molecule has 0 unspecified atom stereocenters. The molecule has 0 N–H and O–H groups in total. The summed E-state index contributed by atoms with van der Waals surface area (Å²) in [5.41, 5.74) is 15.3. The Kier molecular flexibility index (Phi) is 8.10. The maximum atomic E-state index is 2.47. The number of hydrogen-bond acceptors (Lipinski definition) is 3. The van der Waals surface area contributed by atoms with Crippen LogP contribution in [0.2, 0.25) is 19.6 Å². The predicted molar refractivity (Wildman–Crippen MR) is 249 cm³/mol. The molecule has 4 heteroatoms. The van der Waals surface area contributed by atoms with Crippen LogP contribution in [0.5, 0.6) is 0 Å². The van der Waals surface area contributed by atoms with Crippen LogP contribution in [0.4, 0.5) is 34.1 Å². The third-order valence-corrected chi connectivity index (χ3v) is 15.9. The van der Waals surface area contributed by atoms with Crippen LogP contribution in [0.25, 0.3) is 31.7 Å². The largest absolute Gasteiger partial charge is 0.310 e. The molecule has 0 fully saturated rings. The Morgan fingerprint density at radius 3 is 1.32 bits per heavy atom. The number of rotatable bonds is 7. The number of benzene rings is 7. The van der Waals surface area contributed by atoms with Crippen molar-refractivity contribution < 1.29 is 0 Å². The van der Waals surface area contributed by atoms with Gasteiger partial charge in [0.15, 0.2) is 0 Å². The highest BCUT2D eigenvalue weighted by Crippen LogP contribution is 2.64. The van der Waals surface area contributed by atoms with E-state index in [9.17, 15) is 0 Å². The molecule has 0 amide bonds. The topological polar surface area (TPSA) is 6.48 Å². The summed E-state index contributed by atoms with van der Waals surface area (Å²) in [6.07, 6.45) is 0. The molecule has 0 aliphatic heterocycles. The molecule has 0 saturated heterocycles. The molecule has 0 saturated carbocycles. The first-order valence-corrected chi connectivity index (χ1v) is 24.5. The van der Waals surface area contributed by atoms with Gasteiger partial charge in [-0.3, -0.25) is 0 Å². The fourth-order valence-corrected chi connectivity index (χ4v) is 12.4. The number of para-hydroxylation sites is 2. The van der Waals surface area contributed by atoms with Crippen molar-refractivity contribution >= 4 is 69.5 Å². The summed E-state index contributed by atoms with van der Waals surface area (Å²) in [6, 6.07) is 60.8. The predicted octanol–water partition coefficient (Wildman–Crippen LogP) is 15.0. The Bertz CT molecular complexity index is 2830. The zero-order valence-corrected chi connectivity index (χ0v) is 35.7. The van der Waals surface area contributed by atoms with E-state index in [4.69, 9.17) is 0 Å². The van der Waals surface area contributed by atoms with Crippen molar-refractivity contribution in [3.63, 3.8) is 0 Å². The van der Waals surface area contributed by atoms with E-state index in [0.717, 1.165) is 11.4 Å². The number of thiophene rings is 1. The monoisotopic (exact) mass is 772 g/mol. The second-order valence-corrected chi connectivity index (χ2v) is 24.0. The Labute approximate surface area is 342 Å². The van der Waals surface area contributed by atoms with Crippen LogP contribution < -0.4 is 15.0 Å². The first-order chi connectivity index (χ1) is 27.4. The standard InChI is InChI=1S/C53H48N2SSi/c1-52(2)46-33-41(54(37-18-10-8-11-19-37)39-24-28-43(29-25-39)57(5,6)7)26-30-44(46)50-48(52)49-51(56-50)45-31-27-42(34-47(45)53(49,3)4)55(38-20-12-9-13-21-38)40-23-22-35-16-14-15-17-36(35)32-40/h8-34H,1-7H3. The molecular formula is C53H48N2SSi.